The molecule has 0 aliphatic rings. The van der Waals surface area contributed by atoms with Crippen LogP contribution in [0.1, 0.15) is 6.42 Å². The Balaban J connectivity index is 2.84. The molecular weight excluding hydrogens is 232 g/mol. The molecule has 0 saturated heterocycles. The van der Waals surface area contributed by atoms with Gasteiger partial charge in [-0.1, -0.05) is 0 Å². The summed E-state index contributed by atoms with van der Waals surface area (Å²) in [5.74, 6) is -0.768. The van der Waals surface area contributed by atoms with E-state index in [2.05, 4.69) is 10.3 Å². The molecule has 1 heterocycles. The second kappa shape index (κ2) is 4.93. The number of anilines is 1. The van der Waals surface area contributed by atoms with Crippen molar-refractivity contribution < 1.29 is 18.3 Å². The number of carbonyl (C=O) groups is 1. The highest BCUT2D eigenvalue weighted by molar-refractivity contribution is 7.90. The number of rotatable bonds is 5. The maximum atomic E-state index is 11.4. The fraction of sp³-hybridized carbons (Fsp3) is 0.333. The van der Waals surface area contributed by atoms with Crippen molar-refractivity contribution in [3.8, 4) is 0 Å². The van der Waals surface area contributed by atoms with Crippen molar-refractivity contribution in [2.75, 3.05) is 18.1 Å². The Morgan fingerprint density at radius 1 is 1.56 bits per heavy atom. The van der Waals surface area contributed by atoms with Crippen LogP contribution in [-0.2, 0) is 14.6 Å². The van der Waals surface area contributed by atoms with E-state index in [4.69, 9.17) is 5.11 Å². The van der Waals surface area contributed by atoms with Crippen molar-refractivity contribution in [3.63, 3.8) is 0 Å². The minimum Gasteiger partial charge on any atom is -0.481 e. The van der Waals surface area contributed by atoms with Crippen LogP contribution in [0.25, 0.3) is 0 Å². The van der Waals surface area contributed by atoms with Crippen molar-refractivity contribution in [1.29, 1.82) is 0 Å². The number of sulfone groups is 1. The van der Waals surface area contributed by atoms with Gasteiger partial charge in [0.05, 0.1) is 6.42 Å². The van der Waals surface area contributed by atoms with E-state index in [1.165, 1.54) is 18.3 Å². The van der Waals surface area contributed by atoms with Gasteiger partial charge in [0.15, 0.2) is 9.84 Å². The highest BCUT2D eigenvalue weighted by Gasteiger charge is 2.13. The lowest BCUT2D eigenvalue weighted by molar-refractivity contribution is -0.136. The molecule has 0 bridgehead atoms. The third kappa shape index (κ3) is 3.50. The van der Waals surface area contributed by atoms with Crippen molar-refractivity contribution in [2.24, 2.45) is 0 Å². The fourth-order valence-electron chi connectivity index (χ4n) is 1.11. The summed E-state index contributed by atoms with van der Waals surface area (Å²) in [6.45, 7) is 0.134. The predicted molar refractivity (Wildman–Crippen MR) is 58.1 cm³/mol. The number of aromatic nitrogens is 1. The van der Waals surface area contributed by atoms with E-state index in [-0.39, 0.29) is 23.7 Å². The summed E-state index contributed by atoms with van der Waals surface area (Å²) in [7, 11) is -3.36. The monoisotopic (exact) mass is 244 g/mol. The molecule has 88 valence electrons. The van der Waals surface area contributed by atoms with Crippen LogP contribution in [-0.4, -0.2) is 37.3 Å². The number of carboxylic acid groups (broad SMARTS) is 1. The molecule has 0 aromatic carbocycles. The first-order chi connectivity index (χ1) is 7.41. The van der Waals surface area contributed by atoms with Gasteiger partial charge in [-0.25, -0.2) is 13.4 Å². The van der Waals surface area contributed by atoms with E-state index >= 15 is 0 Å². The first-order valence-electron chi connectivity index (χ1n) is 4.52. The summed E-state index contributed by atoms with van der Waals surface area (Å²) in [6, 6.07) is 2.93. The lowest BCUT2D eigenvalue weighted by Crippen LogP contribution is -2.11. The van der Waals surface area contributed by atoms with Gasteiger partial charge in [-0.05, 0) is 12.1 Å². The normalized spacial score (nSPS) is 11.1. The topological polar surface area (TPSA) is 96.4 Å². The van der Waals surface area contributed by atoms with Gasteiger partial charge in [0.1, 0.15) is 10.7 Å². The predicted octanol–water partition coefficient (Wildman–Crippen LogP) is 0.372. The van der Waals surface area contributed by atoms with Crippen LogP contribution in [0.15, 0.2) is 23.2 Å². The van der Waals surface area contributed by atoms with Gasteiger partial charge in [-0.3, -0.25) is 4.79 Å². The highest BCUT2D eigenvalue weighted by Crippen LogP contribution is 2.17. The molecule has 0 atom stereocenters. The molecular formula is C9H12N2O4S. The molecule has 0 unspecified atom stereocenters. The van der Waals surface area contributed by atoms with Crippen LogP contribution in [0.4, 0.5) is 5.82 Å². The Kier molecular flexibility index (Phi) is 3.83. The van der Waals surface area contributed by atoms with Crippen LogP contribution in [0.5, 0.6) is 0 Å². The number of aliphatic carboxylic acids is 1. The zero-order valence-corrected chi connectivity index (χ0v) is 9.49. The molecule has 0 aliphatic carbocycles. The Bertz CT molecular complexity index is 484. The molecule has 0 fully saturated rings. The van der Waals surface area contributed by atoms with Crippen LogP contribution < -0.4 is 5.32 Å². The summed E-state index contributed by atoms with van der Waals surface area (Å²) < 4.78 is 22.7. The SMILES string of the molecule is CS(=O)(=O)c1cccnc1NCCC(=O)O. The summed E-state index contributed by atoms with van der Waals surface area (Å²) in [4.78, 5) is 14.2. The maximum absolute atomic E-state index is 11.4. The van der Waals surface area contributed by atoms with Gasteiger partial charge >= 0.3 is 5.97 Å². The summed E-state index contributed by atoms with van der Waals surface area (Å²) in [5.41, 5.74) is 0. The van der Waals surface area contributed by atoms with Crippen LogP contribution >= 0.6 is 0 Å². The Morgan fingerprint density at radius 2 is 2.25 bits per heavy atom. The zero-order chi connectivity index (χ0) is 12.2. The third-order valence-electron chi connectivity index (χ3n) is 1.80. The average molecular weight is 244 g/mol. The van der Waals surface area contributed by atoms with Crippen LogP contribution in [0.3, 0.4) is 0 Å². The molecule has 6 nitrogen and oxygen atoms in total. The number of nitrogens with zero attached hydrogens (tertiary/aromatic N) is 1. The minimum atomic E-state index is -3.36. The Morgan fingerprint density at radius 3 is 2.81 bits per heavy atom. The molecule has 16 heavy (non-hydrogen) atoms. The molecule has 7 heteroatoms. The van der Waals surface area contributed by atoms with Gasteiger partial charge in [0.2, 0.25) is 0 Å². The van der Waals surface area contributed by atoms with Gasteiger partial charge < -0.3 is 10.4 Å². The largest absolute Gasteiger partial charge is 0.481 e. The number of hydrogen-bond donors (Lipinski definition) is 2. The zero-order valence-electron chi connectivity index (χ0n) is 8.67. The van der Waals surface area contributed by atoms with Gasteiger partial charge in [0.25, 0.3) is 0 Å². The van der Waals surface area contributed by atoms with Crippen molar-refractivity contribution in [3.05, 3.63) is 18.3 Å². The molecule has 0 amide bonds. The molecule has 2 N–H and O–H groups in total. The molecule has 1 aromatic heterocycles. The lowest BCUT2D eigenvalue weighted by Gasteiger charge is -2.07. The van der Waals surface area contributed by atoms with Crippen molar-refractivity contribution >= 4 is 21.6 Å². The van der Waals surface area contributed by atoms with Gasteiger partial charge in [0, 0.05) is 19.0 Å². The van der Waals surface area contributed by atoms with E-state index in [1.54, 1.807) is 0 Å². The van der Waals surface area contributed by atoms with Gasteiger partial charge in [-0.15, -0.1) is 0 Å². The molecule has 1 rings (SSSR count). The van der Waals surface area contributed by atoms with E-state index < -0.39 is 15.8 Å². The van der Waals surface area contributed by atoms with Crippen molar-refractivity contribution in [2.45, 2.75) is 11.3 Å². The number of nitrogens with one attached hydrogen (secondary N) is 1. The van der Waals surface area contributed by atoms with Crippen LogP contribution in [0, 0.1) is 0 Å². The van der Waals surface area contributed by atoms with E-state index in [1.807, 2.05) is 0 Å². The third-order valence-corrected chi connectivity index (χ3v) is 2.93. The molecule has 0 spiro atoms. The molecule has 0 radical (unpaired) electrons. The number of carboxylic acids is 1. The van der Waals surface area contributed by atoms with Gasteiger partial charge in [-0.2, -0.15) is 0 Å². The first-order valence-corrected chi connectivity index (χ1v) is 6.41. The van der Waals surface area contributed by atoms with E-state index in [0.29, 0.717) is 0 Å². The Hall–Kier alpha value is -1.63. The Labute approximate surface area is 93.2 Å². The molecule has 0 saturated carbocycles. The average Bonchev–Trinajstić information content (AvgIpc) is 2.16. The molecule has 0 aliphatic heterocycles. The second-order valence-electron chi connectivity index (χ2n) is 3.19. The maximum Gasteiger partial charge on any atom is 0.305 e. The smallest absolute Gasteiger partial charge is 0.305 e. The summed E-state index contributed by atoms with van der Waals surface area (Å²) >= 11 is 0. The second-order valence-corrected chi connectivity index (χ2v) is 5.18. The van der Waals surface area contributed by atoms with Crippen molar-refractivity contribution in [1.82, 2.24) is 4.98 Å². The summed E-state index contributed by atoms with van der Waals surface area (Å²) in [5, 5.41) is 11.1. The van der Waals surface area contributed by atoms with Crippen LogP contribution in [0.2, 0.25) is 0 Å². The number of pyridine rings is 1. The first kappa shape index (κ1) is 12.4. The molecule has 1 aromatic rings. The fourth-order valence-corrected chi connectivity index (χ4v) is 1.91. The summed E-state index contributed by atoms with van der Waals surface area (Å²) in [6.07, 6.45) is 2.42. The minimum absolute atomic E-state index is 0.0698. The number of hydrogen-bond acceptors (Lipinski definition) is 5. The van der Waals surface area contributed by atoms with E-state index in [0.717, 1.165) is 6.26 Å². The quantitative estimate of drug-likeness (QED) is 0.777. The van der Waals surface area contributed by atoms with E-state index in [9.17, 15) is 13.2 Å². The standard InChI is InChI=1S/C9H12N2O4S/c1-16(14,15)7-3-2-5-10-9(7)11-6-4-8(12)13/h2-3,5H,4,6H2,1H3,(H,10,11)(H,12,13). The lowest BCUT2D eigenvalue weighted by atomic mass is 10.4. The highest BCUT2D eigenvalue weighted by atomic mass is 32.2.